The first-order valence-corrected chi connectivity index (χ1v) is 6.63. The Labute approximate surface area is 113 Å². The van der Waals surface area contributed by atoms with Gasteiger partial charge in [0.1, 0.15) is 5.01 Å². The second-order valence-electron chi connectivity index (χ2n) is 3.91. The molecule has 0 bridgehead atoms. The molecule has 6 heteroatoms. The highest BCUT2D eigenvalue weighted by atomic mass is 32.1. The maximum absolute atomic E-state index is 4.93. The standard InChI is InChI=1S/C12H10N4S2/c1-7-2-4-8(5-3-7)11-13-6-9(18-11)10-14-12(17)16-15-10/h2-6H,1H3,(H2,14,15,16,17). The largest absolute Gasteiger partial charge is 0.281 e. The summed E-state index contributed by atoms with van der Waals surface area (Å²) in [6.45, 7) is 2.07. The highest BCUT2D eigenvalue weighted by Crippen LogP contribution is 2.30. The number of nitrogens with zero attached hydrogens (tertiary/aromatic N) is 2. The lowest BCUT2D eigenvalue weighted by Gasteiger charge is -1.96. The van der Waals surface area contributed by atoms with E-state index in [1.54, 1.807) is 17.5 Å². The summed E-state index contributed by atoms with van der Waals surface area (Å²) >= 11 is 6.52. The Hall–Kier alpha value is -1.79. The van der Waals surface area contributed by atoms with Crippen molar-refractivity contribution in [3.05, 3.63) is 40.8 Å². The summed E-state index contributed by atoms with van der Waals surface area (Å²) in [6.07, 6.45) is 1.81. The SMILES string of the molecule is Cc1ccc(-c2ncc(-c3nc(=S)[nH][nH]3)s2)cc1. The Kier molecular flexibility index (Phi) is 2.81. The molecule has 0 atom stereocenters. The molecule has 0 saturated heterocycles. The van der Waals surface area contributed by atoms with Crippen molar-refractivity contribution in [3.8, 4) is 21.3 Å². The summed E-state index contributed by atoms with van der Waals surface area (Å²) in [5.74, 6) is 0.732. The van der Waals surface area contributed by atoms with E-state index in [4.69, 9.17) is 12.2 Å². The van der Waals surface area contributed by atoms with Gasteiger partial charge in [-0.3, -0.25) is 10.2 Å². The zero-order chi connectivity index (χ0) is 12.5. The quantitative estimate of drug-likeness (QED) is 0.702. The van der Waals surface area contributed by atoms with Gasteiger partial charge in [0.25, 0.3) is 0 Å². The zero-order valence-corrected chi connectivity index (χ0v) is 11.2. The molecule has 18 heavy (non-hydrogen) atoms. The van der Waals surface area contributed by atoms with Crippen LogP contribution in [0.15, 0.2) is 30.5 Å². The maximum Gasteiger partial charge on any atom is 0.213 e. The third-order valence-corrected chi connectivity index (χ3v) is 3.79. The van der Waals surface area contributed by atoms with Gasteiger partial charge < -0.3 is 0 Å². The molecule has 0 aliphatic heterocycles. The fourth-order valence-electron chi connectivity index (χ4n) is 1.60. The number of benzene rings is 1. The minimum Gasteiger partial charge on any atom is -0.281 e. The van der Waals surface area contributed by atoms with Crippen molar-refractivity contribution >= 4 is 23.6 Å². The Bertz CT molecular complexity index is 721. The van der Waals surface area contributed by atoms with E-state index >= 15 is 0 Å². The molecule has 4 nitrogen and oxygen atoms in total. The molecule has 0 saturated carbocycles. The van der Waals surface area contributed by atoms with Crippen molar-refractivity contribution in [2.45, 2.75) is 6.92 Å². The number of hydrogen-bond acceptors (Lipinski definition) is 4. The number of H-pyrrole nitrogens is 2. The molecule has 3 aromatic rings. The van der Waals surface area contributed by atoms with Gasteiger partial charge in [-0.2, -0.15) is 4.98 Å². The van der Waals surface area contributed by atoms with Gasteiger partial charge in [-0.15, -0.1) is 11.3 Å². The van der Waals surface area contributed by atoms with Crippen LogP contribution >= 0.6 is 23.6 Å². The molecule has 0 radical (unpaired) electrons. The second kappa shape index (κ2) is 4.47. The van der Waals surface area contributed by atoms with E-state index in [0.717, 1.165) is 21.3 Å². The minimum absolute atomic E-state index is 0.454. The maximum atomic E-state index is 4.93. The summed E-state index contributed by atoms with van der Waals surface area (Å²) in [5, 5.41) is 6.69. The lowest BCUT2D eigenvalue weighted by molar-refractivity contribution is 1.08. The summed E-state index contributed by atoms with van der Waals surface area (Å²) in [5.41, 5.74) is 2.36. The van der Waals surface area contributed by atoms with Gasteiger partial charge in [0.05, 0.1) is 4.88 Å². The van der Waals surface area contributed by atoms with E-state index in [9.17, 15) is 0 Å². The predicted molar refractivity (Wildman–Crippen MR) is 75.1 cm³/mol. The lowest BCUT2D eigenvalue weighted by atomic mass is 10.2. The fourth-order valence-corrected chi connectivity index (χ4v) is 2.61. The van der Waals surface area contributed by atoms with Crippen LogP contribution in [0.2, 0.25) is 0 Å². The van der Waals surface area contributed by atoms with E-state index in [2.05, 4.69) is 51.4 Å². The van der Waals surface area contributed by atoms with Gasteiger partial charge in [0.15, 0.2) is 5.82 Å². The van der Waals surface area contributed by atoms with Crippen LogP contribution in [-0.2, 0) is 0 Å². The monoisotopic (exact) mass is 274 g/mol. The molecule has 0 aliphatic carbocycles. The molecule has 1 aromatic carbocycles. The van der Waals surface area contributed by atoms with Crippen molar-refractivity contribution in [2.24, 2.45) is 0 Å². The van der Waals surface area contributed by atoms with E-state index in [0.29, 0.717) is 4.77 Å². The van der Waals surface area contributed by atoms with E-state index in [-0.39, 0.29) is 0 Å². The number of hydrogen-bond donors (Lipinski definition) is 2. The smallest absolute Gasteiger partial charge is 0.213 e. The van der Waals surface area contributed by atoms with E-state index < -0.39 is 0 Å². The van der Waals surface area contributed by atoms with Crippen molar-refractivity contribution in [2.75, 3.05) is 0 Å². The molecule has 2 N–H and O–H groups in total. The van der Waals surface area contributed by atoms with Crippen LogP contribution in [0.4, 0.5) is 0 Å². The normalized spacial score (nSPS) is 10.7. The average Bonchev–Trinajstić information content (AvgIpc) is 2.98. The molecule has 0 aliphatic rings. The average molecular weight is 274 g/mol. The van der Waals surface area contributed by atoms with Crippen molar-refractivity contribution in [1.82, 2.24) is 20.2 Å². The number of aryl methyl sites for hydroxylation is 1. The molecular formula is C12H10N4S2. The molecule has 2 aromatic heterocycles. The van der Waals surface area contributed by atoms with Crippen LogP contribution in [0.25, 0.3) is 21.3 Å². The molecule has 3 rings (SSSR count). The van der Waals surface area contributed by atoms with Gasteiger partial charge in [-0.25, -0.2) is 4.98 Å². The Morgan fingerprint density at radius 2 is 1.94 bits per heavy atom. The molecule has 0 unspecified atom stereocenters. The van der Waals surface area contributed by atoms with Crippen LogP contribution in [-0.4, -0.2) is 20.2 Å². The Balaban J connectivity index is 1.98. The van der Waals surface area contributed by atoms with Crippen LogP contribution in [0.5, 0.6) is 0 Å². The summed E-state index contributed by atoms with van der Waals surface area (Å²) in [4.78, 5) is 9.56. The van der Waals surface area contributed by atoms with Crippen molar-refractivity contribution < 1.29 is 0 Å². The predicted octanol–water partition coefficient (Wildman–Crippen LogP) is 3.57. The summed E-state index contributed by atoms with van der Waals surface area (Å²) in [7, 11) is 0. The van der Waals surface area contributed by atoms with Crippen LogP contribution < -0.4 is 0 Å². The number of aromatic nitrogens is 4. The second-order valence-corrected chi connectivity index (χ2v) is 5.33. The fraction of sp³-hybridized carbons (Fsp3) is 0.0833. The molecule has 90 valence electrons. The number of aromatic amines is 2. The lowest BCUT2D eigenvalue weighted by Crippen LogP contribution is -1.75. The first kappa shape index (κ1) is 11.3. The van der Waals surface area contributed by atoms with E-state index in [1.807, 2.05) is 0 Å². The highest BCUT2D eigenvalue weighted by Gasteiger charge is 2.08. The van der Waals surface area contributed by atoms with Gasteiger partial charge >= 0.3 is 0 Å². The van der Waals surface area contributed by atoms with Crippen LogP contribution in [0.1, 0.15) is 5.56 Å². The van der Waals surface area contributed by atoms with Crippen molar-refractivity contribution in [3.63, 3.8) is 0 Å². The first-order chi connectivity index (χ1) is 8.72. The van der Waals surface area contributed by atoms with Gasteiger partial charge in [-0.05, 0) is 19.1 Å². The van der Waals surface area contributed by atoms with Gasteiger partial charge in [0.2, 0.25) is 4.77 Å². The van der Waals surface area contributed by atoms with Crippen LogP contribution in [0.3, 0.4) is 0 Å². The topological polar surface area (TPSA) is 57.4 Å². The van der Waals surface area contributed by atoms with E-state index in [1.165, 1.54) is 5.56 Å². The van der Waals surface area contributed by atoms with Crippen molar-refractivity contribution in [1.29, 1.82) is 0 Å². The first-order valence-electron chi connectivity index (χ1n) is 5.40. The highest BCUT2D eigenvalue weighted by molar-refractivity contribution is 7.71. The molecular weight excluding hydrogens is 264 g/mol. The Morgan fingerprint density at radius 1 is 1.17 bits per heavy atom. The summed E-state index contributed by atoms with van der Waals surface area (Å²) in [6, 6.07) is 8.31. The Morgan fingerprint density at radius 3 is 2.61 bits per heavy atom. The van der Waals surface area contributed by atoms with Crippen LogP contribution in [0, 0.1) is 11.7 Å². The molecule has 0 fully saturated rings. The number of nitrogens with one attached hydrogen (secondary N) is 2. The van der Waals surface area contributed by atoms with Gasteiger partial charge in [-0.1, -0.05) is 29.8 Å². The third-order valence-electron chi connectivity index (χ3n) is 2.54. The molecule has 0 spiro atoms. The molecule has 0 amide bonds. The third kappa shape index (κ3) is 2.12. The summed E-state index contributed by atoms with van der Waals surface area (Å²) < 4.78 is 0.454. The molecule has 2 heterocycles. The number of rotatable bonds is 2. The van der Waals surface area contributed by atoms with Gasteiger partial charge in [0, 0.05) is 11.8 Å². The minimum atomic E-state index is 0.454. The number of thiazole rings is 1. The zero-order valence-electron chi connectivity index (χ0n) is 9.60.